The number of thiophene rings is 2. The fraction of sp³-hybridized carbons (Fsp3) is 0.100. The molecular formula is C20H13N3OS3. The SMILES string of the molecule is O=C1c2ccccc2C[C@H]1Sc1nnc(-c2cccs2)c(-c2cccs2)n1. The van der Waals surface area contributed by atoms with Crippen LogP contribution >= 0.6 is 34.4 Å². The summed E-state index contributed by atoms with van der Waals surface area (Å²) in [5.74, 6) is 0.152. The van der Waals surface area contributed by atoms with E-state index >= 15 is 0 Å². The Kier molecular flexibility index (Phi) is 4.35. The first-order valence-electron chi connectivity index (χ1n) is 8.41. The number of hydrogen-bond acceptors (Lipinski definition) is 7. The van der Waals surface area contributed by atoms with Gasteiger partial charge in [-0.25, -0.2) is 4.98 Å². The van der Waals surface area contributed by atoms with Crippen LogP contribution in [0.3, 0.4) is 0 Å². The molecule has 0 unspecified atom stereocenters. The number of ketones is 1. The molecule has 0 spiro atoms. The second-order valence-corrected chi connectivity index (χ2v) is 9.14. The van der Waals surface area contributed by atoms with E-state index in [0.717, 1.165) is 32.3 Å². The number of Topliss-reactive ketones (excluding diaryl/α,β-unsaturated/α-hetero) is 1. The van der Waals surface area contributed by atoms with E-state index in [9.17, 15) is 4.79 Å². The lowest BCUT2D eigenvalue weighted by Crippen LogP contribution is -2.12. The number of rotatable bonds is 4. The summed E-state index contributed by atoms with van der Waals surface area (Å²) in [5.41, 5.74) is 3.53. The van der Waals surface area contributed by atoms with Crippen molar-refractivity contribution in [3.05, 3.63) is 70.4 Å². The molecule has 5 rings (SSSR count). The van der Waals surface area contributed by atoms with E-state index in [-0.39, 0.29) is 11.0 Å². The Morgan fingerprint density at radius 1 is 0.889 bits per heavy atom. The van der Waals surface area contributed by atoms with Crippen LogP contribution in [0.25, 0.3) is 21.1 Å². The lowest BCUT2D eigenvalue weighted by molar-refractivity contribution is 0.1000. The average Bonchev–Trinajstić information content (AvgIpc) is 3.45. The highest BCUT2D eigenvalue weighted by Crippen LogP contribution is 2.37. The second kappa shape index (κ2) is 6.99. The van der Waals surface area contributed by atoms with Crippen molar-refractivity contribution >= 4 is 40.2 Å². The second-order valence-electron chi connectivity index (χ2n) is 6.08. The Balaban J connectivity index is 1.50. The number of carbonyl (C=O) groups excluding carboxylic acids is 1. The largest absolute Gasteiger partial charge is 0.293 e. The van der Waals surface area contributed by atoms with E-state index in [1.54, 1.807) is 22.7 Å². The topological polar surface area (TPSA) is 55.7 Å². The van der Waals surface area contributed by atoms with Gasteiger partial charge in [0.15, 0.2) is 5.78 Å². The quantitative estimate of drug-likeness (QED) is 0.464. The van der Waals surface area contributed by atoms with E-state index in [1.165, 1.54) is 11.8 Å². The van der Waals surface area contributed by atoms with Crippen LogP contribution in [0.5, 0.6) is 0 Å². The zero-order chi connectivity index (χ0) is 18.2. The molecule has 27 heavy (non-hydrogen) atoms. The molecule has 0 bridgehead atoms. The highest BCUT2D eigenvalue weighted by Gasteiger charge is 2.32. The molecule has 0 saturated heterocycles. The van der Waals surface area contributed by atoms with E-state index in [4.69, 9.17) is 4.98 Å². The zero-order valence-electron chi connectivity index (χ0n) is 14.0. The standard InChI is InChI=1S/C20H13N3OS3/c24-19-13-6-2-1-5-12(13)11-16(19)27-20-21-17(14-7-3-9-25-14)18(22-23-20)15-8-4-10-26-15/h1-10,16H,11H2/t16-/m1/s1. The van der Waals surface area contributed by atoms with Crippen LogP contribution in [0.1, 0.15) is 15.9 Å². The Labute approximate surface area is 168 Å². The number of aromatic nitrogens is 3. The Bertz CT molecular complexity index is 1110. The van der Waals surface area contributed by atoms with Crippen molar-refractivity contribution < 1.29 is 4.79 Å². The first-order valence-corrected chi connectivity index (χ1v) is 11.0. The van der Waals surface area contributed by atoms with Crippen LogP contribution in [0.2, 0.25) is 0 Å². The highest BCUT2D eigenvalue weighted by molar-refractivity contribution is 8.00. The molecule has 0 fully saturated rings. The maximum Gasteiger partial charge on any atom is 0.210 e. The number of carbonyl (C=O) groups is 1. The van der Waals surface area contributed by atoms with Gasteiger partial charge in [-0.05, 0) is 34.9 Å². The summed E-state index contributed by atoms with van der Waals surface area (Å²) in [6, 6.07) is 15.9. The number of nitrogens with zero attached hydrogens (tertiary/aromatic N) is 3. The van der Waals surface area contributed by atoms with Gasteiger partial charge in [-0.1, -0.05) is 48.2 Å². The van der Waals surface area contributed by atoms with Gasteiger partial charge in [-0.2, -0.15) is 0 Å². The predicted molar refractivity (Wildman–Crippen MR) is 111 cm³/mol. The molecule has 0 aliphatic heterocycles. The summed E-state index contributed by atoms with van der Waals surface area (Å²) in [6.07, 6.45) is 0.712. The predicted octanol–water partition coefficient (Wildman–Crippen LogP) is 5.23. The molecule has 4 aromatic rings. The Hall–Kier alpha value is -2.35. The number of thioether (sulfide) groups is 1. The summed E-state index contributed by atoms with van der Waals surface area (Å²) in [4.78, 5) is 19.6. The Morgan fingerprint density at radius 2 is 1.63 bits per heavy atom. The van der Waals surface area contributed by atoms with E-state index in [2.05, 4.69) is 10.2 Å². The third-order valence-electron chi connectivity index (χ3n) is 4.40. The molecule has 1 aromatic carbocycles. The van der Waals surface area contributed by atoms with Gasteiger partial charge in [-0.15, -0.1) is 32.9 Å². The summed E-state index contributed by atoms with van der Waals surface area (Å²) >= 11 is 4.65. The third kappa shape index (κ3) is 3.12. The van der Waals surface area contributed by atoms with Gasteiger partial charge in [0.25, 0.3) is 0 Å². The first kappa shape index (κ1) is 16.8. The summed E-state index contributed by atoms with van der Waals surface area (Å²) in [5, 5.41) is 13.2. The minimum Gasteiger partial charge on any atom is -0.293 e. The third-order valence-corrected chi connectivity index (χ3v) is 7.21. The van der Waals surface area contributed by atoms with Gasteiger partial charge < -0.3 is 0 Å². The van der Waals surface area contributed by atoms with Crippen LogP contribution in [-0.4, -0.2) is 26.2 Å². The molecule has 1 aliphatic carbocycles. The van der Waals surface area contributed by atoms with Gasteiger partial charge in [0.05, 0.1) is 15.0 Å². The van der Waals surface area contributed by atoms with Gasteiger partial charge in [-0.3, -0.25) is 4.79 Å². The van der Waals surface area contributed by atoms with Crippen LogP contribution in [0.15, 0.2) is 64.4 Å². The van der Waals surface area contributed by atoms with Crippen molar-refractivity contribution in [2.45, 2.75) is 16.8 Å². The van der Waals surface area contributed by atoms with Crippen molar-refractivity contribution in [2.24, 2.45) is 0 Å². The lowest BCUT2D eigenvalue weighted by atomic mass is 10.1. The van der Waals surface area contributed by atoms with Gasteiger partial charge in [0.2, 0.25) is 5.16 Å². The molecular weight excluding hydrogens is 394 g/mol. The smallest absolute Gasteiger partial charge is 0.210 e. The minimum atomic E-state index is -0.187. The summed E-state index contributed by atoms with van der Waals surface area (Å²) in [7, 11) is 0. The van der Waals surface area contributed by atoms with Crippen molar-refractivity contribution in [3.8, 4) is 21.1 Å². The van der Waals surface area contributed by atoms with E-state index in [1.807, 2.05) is 59.3 Å². The van der Waals surface area contributed by atoms with Crippen molar-refractivity contribution in [3.63, 3.8) is 0 Å². The van der Waals surface area contributed by atoms with E-state index in [0.29, 0.717) is 11.6 Å². The molecule has 3 heterocycles. The molecule has 0 radical (unpaired) electrons. The molecule has 0 saturated carbocycles. The van der Waals surface area contributed by atoms with Gasteiger partial charge >= 0.3 is 0 Å². The zero-order valence-corrected chi connectivity index (χ0v) is 16.5. The molecule has 0 amide bonds. The molecule has 132 valence electrons. The fourth-order valence-electron chi connectivity index (χ4n) is 3.15. The number of fused-ring (bicyclic) bond motifs is 1. The molecule has 1 atom stereocenters. The lowest BCUT2D eigenvalue weighted by Gasteiger charge is -2.09. The van der Waals surface area contributed by atoms with Crippen LogP contribution in [-0.2, 0) is 6.42 Å². The number of benzene rings is 1. The molecule has 3 aromatic heterocycles. The van der Waals surface area contributed by atoms with Crippen LogP contribution in [0, 0.1) is 0 Å². The average molecular weight is 408 g/mol. The van der Waals surface area contributed by atoms with Crippen LogP contribution in [0.4, 0.5) is 0 Å². The summed E-state index contributed by atoms with van der Waals surface area (Å²) in [6.45, 7) is 0. The van der Waals surface area contributed by atoms with Gasteiger partial charge in [0.1, 0.15) is 11.4 Å². The molecule has 1 aliphatic rings. The van der Waals surface area contributed by atoms with Crippen molar-refractivity contribution in [2.75, 3.05) is 0 Å². The normalized spacial score (nSPS) is 15.9. The Morgan fingerprint density at radius 3 is 2.33 bits per heavy atom. The van der Waals surface area contributed by atoms with Crippen molar-refractivity contribution in [1.82, 2.24) is 15.2 Å². The van der Waals surface area contributed by atoms with Gasteiger partial charge in [0, 0.05) is 5.56 Å². The van der Waals surface area contributed by atoms with Crippen molar-refractivity contribution in [1.29, 1.82) is 0 Å². The summed E-state index contributed by atoms with van der Waals surface area (Å²) < 4.78 is 0. The first-order chi connectivity index (χ1) is 13.3. The maximum atomic E-state index is 12.7. The number of hydrogen-bond donors (Lipinski definition) is 0. The van der Waals surface area contributed by atoms with E-state index < -0.39 is 0 Å². The maximum absolute atomic E-state index is 12.7. The molecule has 7 heteroatoms. The highest BCUT2D eigenvalue weighted by atomic mass is 32.2. The molecule has 0 N–H and O–H groups in total. The fourth-order valence-corrected chi connectivity index (χ4v) is 5.56. The minimum absolute atomic E-state index is 0.152. The molecule has 4 nitrogen and oxygen atoms in total. The monoisotopic (exact) mass is 407 g/mol. The van der Waals surface area contributed by atoms with Crippen LogP contribution < -0.4 is 0 Å².